The lowest BCUT2D eigenvalue weighted by molar-refractivity contribution is -0.0418. The molecule has 3 rings (SSSR count). The molecule has 1 aromatic rings. The fraction of sp³-hybridized carbons (Fsp3) is 0.636. The minimum Gasteiger partial charge on any atom is -0.345 e. The molecule has 1 aliphatic carbocycles. The number of aryl methyl sites for hydroxylation is 1. The molecule has 4 nitrogen and oxygen atoms in total. The van der Waals surface area contributed by atoms with Gasteiger partial charge in [0.05, 0.1) is 23.8 Å². The lowest BCUT2D eigenvalue weighted by Gasteiger charge is -2.05. The standard InChI is InChI=1S/C11H13NO3S/c1-6-9(11-14-4-5-15-11)16-10(12-6)8(13)7-2-3-7/h7,11H,2-5H2,1H3. The van der Waals surface area contributed by atoms with Gasteiger partial charge in [-0.15, -0.1) is 11.3 Å². The van der Waals surface area contributed by atoms with E-state index in [1.54, 1.807) is 0 Å². The maximum Gasteiger partial charge on any atom is 0.195 e. The van der Waals surface area contributed by atoms with Gasteiger partial charge in [-0.3, -0.25) is 4.79 Å². The average Bonchev–Trinajstić information content (AvgIpc) is 2.84. The van der Waals surface area contributed by atoms with E-state index in [1.165, 1.54) is 11.3 Å². The Morgan fingerprint density at radius 1 is 1.38 bits per heavy atom. The zero-order valence-corrected chi connectivity index (χ0v) is 9.88. The van der Waals surface area contributed by atoms with Crippen LogP contribution in [0.25, 0.3) is 0 Å². The Morgan fingerprint density at radius 2 is 2.06 bits per heavy atom. The number of hydrogen-bond acceptors (Lipinski definition) is 5. The zero-order chi connectivity index (χ0) is 11.1. The SMILES string of the molecule is Cc1nc(C(=O)C2CC2)sc1C1OCCO1. The van der Waals surface area contributed by atoms with Gasteiger partial charge >= 0.3 is 0 Å². The van der Waals surface area contributed by atoms with Gasteiger partial charge in [-0.25, -0.2) is 4.98 Å². The van der Waals surface area contributed by atoms with E-state index in [-0.39, 0.29) is 18.0 Å². The highest BCUT2D eigenvalue weighted by molar-refractivity contribution is 7.13. The summed E-state index contributed by atoms with van der Waals surface area (Å²) in [6.07, 6.45) is 1.73. The van der Waals surface area contributed by atoms with Gasteiger partial charge in [0.2, 0.25) is 0 Å². The average molecular weight is 239 g/mol. The number of rotatable bonds is 3. The number of ether oxygens (including phenoxy) is 2. The molecule has 0 unspecified atom stereocenters. The number of aromatic nitrogens is 1. The third-order valence-electron chi connectivity index (χ3n) is 2.83. The van der Waals surface area contributed by atoms with Gasteiger partial charge in [-0.1, -0.05) is 0 Å². The van der Waals surface area contributed by atoms with Crippen LogP contribution in [-0.4, -0.2) is 24.0 Å². The highest BCUT2D eigenvalue weighted by Gasteiger charge is 2.34. The molecule has 0 atom stereocenters. The molecule has 0 spiro atoms. The molecule has 1 saturated carbocycles. The van der Waals surface area contributed by atoms with Crippen molar-refractivity contribution in [3.05, 3.63) is 15.6 Å². The van der Waals surface area contributed by atoms with Gasteiger partial charge in [-0.05, 0) is 19.8 Å². The molecule has 2 heterocycles. The summed E-state index contributed by atoms with van der Waals surface area (Å²) in [6, 6.07) is 0. The molecule has 1 saturated heterocycles. The zero-order valence-electron chi connectivity index (χ0n) is 9.06. The van der Waals surface area contributed by atoms with E-state index in [9.17, 15) is 4.79 Å². The summed E-state index contributed by atoms with van der Waals surface area (Å²) >= 11 is 1.42. The first-order valence-electron chi connectivity index (χ1n) is 5.50. The number of nitrogens with zero attached hydrogens (tertiary/aromatic N) is 1. The number of carbonyl (C=O) groups excluding carboxylic acids is 1. The minimum atomic E-state index is -0.307. The molecule has 1 aliphatic heterocycles. The predicted octanol–water partition coefficient (Wildman–Crippen LogP) is 2.09. The van der Waals surface area contributed by atoms with Crippen LogP contribution in [0.1, 0.15) is 39.5 Å². The van der Waals surface area contributed by atoms with E-state index in [2.05, 4.69) is 4.98 Å². The van der Waals surface area contributed by atoms with Crippen LogP contribution in [-0.2, 0) is 9.47 Å². The molecule has 0 radical (unpaired) electrons. The molecular formula is C11H13NO3S. The quantitative estimate of drug-likeness (QED) is 0.758. The number of thiazole rings is 1. The van der Waals surface area contributed by atoms with Crippen LogP contribution in [0.3, 0.4) is 0 Å². The summed E-state index contributed by atoms with van der Waals surface area (Å²) < 4.78 is 10.9. The molecule has 16 heavy (non-hydrogen) atoms. The number of carbonyl (C=O) groups is 1. The van der Waals surface area contributed by atoms with Crippen molar-refractivity contribution in [3.8, 4) is 0 Å². The van der Waals surface area contributed by atoms with Crippen molar-refractivity contribution in [2.45, 2.75) is 26.1 Å². The first-order chi connectivity index (χ1) is 7.75. The topological polar surface area (TPSA) is 48.4 Å². The van der Waals surface area contributed by atoms with E-state index < -0.39 is 0 Å². The minimum absolute atomic E-state index is 0.192. The fourth-order valence-corrected chi connectivity index (χ4v) is 2.85. The van der Waals surface area contributed by atoms with Gasteiger partial charge in [0.1, 0.15) is 0 Å². The first-order valence-corrected chi connectivity index (χ1v) is 6.32. The van der Waals surface area contributed by atoms with Crippen molar-refractivity contribution in [2.24, 2.45) is 5.92 Å². The van der Waals surface area contributed by atoms with Crippen LogP contribution < -0.4 is 0 Å². The van der Waals surface area contributed by atoms with Crippen LogP contribution in [0.4, 0.5) is 0 Å². The molecule has 0 amide bonds. The Bertz CT molecular complexity index is 419. The van der Waals surface area contributed by atoms with E-state index in [0.717, 1.165) is 23.4 Å². The van der Waals surface area contributed by atoms with Crippen molar-refractivity contribution in [1.29, 1.82) is 0 Å². The maximum absolute atomic E-state index is 11.9. The number of hydrogen-bond donors (Lipinski definition) is 0. The van der Waals surface area contributed by atoms with Crippen molar-refractivity contribution in [3.63, 3.8) is 0 Å². The first kappa shape index (κ1) is 10.4. The Kier molecular flexibility index (Phi) is 2.53. The summed E-state index contributed by atoms with van der Waals surface area (Å²) in [6.45, 7) is 3.14. The molecule has 2 fully saturated rings. The van der Waals surface area contributed by atoms with Crippen LogP contribution in [0, 0.1) is 12.8 Å². The van der Waals surface area contributed by atoms with E-state index in [4.69, 9.17) is 9.47 Å². The lowest BCUT2D eigenvalue weighted by atomic mass is 10.3. The Morgan fingerprint density at radius 3 is 2.69 bits per heavy atom. The van der Waals surface area contributed by atoms with Gasteiger partial charge in [-0.2, -0.15) is 0 Å². The Labute approximate surface area is 97.6 Å². The summed E-state index contributed by atoms with van der Waals surface area (Å²) in [5.74, 6) is 0.418. The van der Waals surface area contributed by atoms with E-state index in [0.29, 0.717) is 18.2 Å². The Balaban J connectivity index is 1.85. The maximum atomic E-state index is 11.9. The van der Waals surface area contributed by atoms with E-state index in [1.807, 2.05) is 6.92 Å². The van der Waals surface area contributed by atoms with Crippen molar-refractivity contribution < 1.29 is 14.3 Å². The van der Waals surface area contributed by atoms with Gasteiger partial charge in [0.15, 0.2) is 17.1 Å². The molecule has 1 aromatic heterocycles. The second kappa shape index (κ2) is 3.91. The third-order valence-corrected chi connectivity index (χ3v) is 4.02. The molecule has 0 N–H and O–H groups in total. The molecule has 86 valence electrons. The molecule has 0 aromatic carbocycles. The summed E-state index contributed by atoms with van der Waals surface area (Å²) in [5, 5.41) is 0.620. The second-order valence-corrected chi connectivity index (χ2v) is 5.21. The predicted molar refractivity (Wildman–Crippen MR) is 58.6 cm³/mol. The van der Waals surface area contributed by atoms with Gasteiger partial charge < -0.3 is 9.47 Å². The second-order valence-electron chi connectivity index (χ2n) is 4.18. The van der Waals surface area contributed by atoms with Gasteiger partial charge in [0, 0.05) is 5.92 Å². The van der Waals surface area contributed by atoms with Crippen LogP contribution in [0.5, 0.6) is 0 Å². The van der Waals surface area contributed by atoms with Crippen molar-refractivity contribution in [2.75, 3.05) is 13.2 Å². The normalized spacial score (nSPS) is 21.6. The fourth-order valence-electron chi connectivity index (χ4n) is 1.76. The highest BCUT2D eigenvalue weighted by Crippen LogP contribution is 2.37. The highest BCUT2D eigenvalue weighted by atomic mass is 32.1. The largest absolute Gasteiger partial charge is 0.345 e. The van der Waals surface area contributed by atoms with Crippen LogP contribution in [0.15, 0.2) is 0 Å². The van der Waals surface area contributed by atoms with Crippen LogP contribution >= 0.6 is 11.3 Å². The van der Waals surface area contributed by atoms with Gasteiger partial charge in [0.25, 0.3) is 0 Å². The van der Waals surface area contributed by atoms with E-state index >= 15 is 0 Å². The molecule has 2 aliphatic rings. The smallest absolute Gasteiger partial charge is 0.195 e. The summed E-state index contributed by atoms with van der Waals surface area (Å²) in [7, 11) is 0. The molecule has 0 bridgehead atoms. The Hall–Kier alpha value is -0.780. The van der Waals surface area contributed by atoms with Crippen molar-refractivity contribution >= 4 is 17.1 Å². The number of ketones is 1. The molecular weight excluding hydrogens is 226 g/mol. The molecule has 5 heteroatoms. The third kappa shape index (κ3) is 1.79. The summed E-state index contributed by atoms with van der Waals surface area (Å²) in [5.41, 5.74) is 0.862. The lowest BCUT2D eigenvalue weighted by Crippen LogP contribution is -1.99. The number of Topliss-reactive ketones (excluding diaryl/α,β-unsaturated/α-hetero) is 1. The van der Waals surface area contributed by atoms with Crippen molar-refractivity contribution in [1.82, 2.24) is 4.98 Å². The summed E-state index contributed by atoms with van der Waals surface area (Å²) in [4.78, 5) is 17.1. The monoisotopic (exact) mass is 239 g/mol. The van der Waals surface area contributed by atoms with Crippen LogP contribution in [0.2, 0.25) is 0 Å².